The Morgan fingerprint density at radius 3 is 1.22 bits per heavy atom. The van der Waals surface area contributed by atoms with Gasteiger partial charge < -0.3 is 0 Å². The minimum atomic E-state index is -1.20. The van der Waals surface area contributed by atoms with E-state index in [1.54, 1.807) is 0 Å². The van der Waals surface area contributed by atoms with E-state index in [9.17, 15) is 0 Å². The molecule has 0 aliphatic carbocycles. The van der Waals surface area contributed by atoms with Crippen LogP contribution in [0.15, 0.2) is 0 Å². The molecule has 0 aromatic rings. The molecule has 0 aliphatic rings. The second kappa shape index (κ2) is 6.19. The van der Waals surface area contributed by atoms with Crippen LogP contribution in [0.5, 0.6) is 0 Å². The van der Waals surface area contributed by atoms with Crippen molar-refractivity contribution < 1.29 is 22.4 Å². The van der Waals surface area contributed by atoms with Crippen LogP contribution in [0.3, 0.4) is 0 Å². The maximum Gasteiger partial charge on any atom is 0 e. The fourth-order valence-electron chi connectivity index (χ4n) is 0.750. The molecule has 0 nitrogen and oxygen atoms in total. The van der Waals surface area contributed by atoms with Gasteiger partial charge in [0.05, 0.1) is 0 Å². The molecule has 63 valence electrons. The first-order valence-corrected chi connectivity index (χ1v) is 7.00. The van der Waals surface area contributed by atoms with Crippen molar-refractivity contribution in [2.24, 2.45) is 0 Å². The minimum Gasteiger partial charge on any atom is 0 e. The molecule has 0 bridgehead atoms. The number of rotatable bonds is 3. The van der Waals surface area contributed by atoms with E-state index in [0.717, 1.165) is 0 Å². The van der Waals surface area contributed by atoms with Gasteiger partial charge in [-0.15, -0.1) is 0 Å². The van der Waals surface area contributed by atoms with Crippen LogP contribution in [-0.4, -0.2) is 18.5 Å². The summed E-state index contributed by atoms with van der Waals surface area (Å²) in [6, 6.07) is 0. The van der Waals surface area contributed by atoms with Gasteiger partial charge in [-0.2, -0.15) is 0 Å². The van der Waals surface area contributed by atoms with E-state index in [1.165, 1.54) is 18.5 Å². The second-order valence-electron chi connectivity index (χ2n) is 2.21. The van der Waals surface area contributed by atoms with Crippen LogP contribution in [0, 0.1) is 0 Å². The van der Waals surface area contributed by atoms with Gasteiger partial charge in [-0.1, -0.05) is 0 Å². The van der Waals surface area contributed by atoms with E-state index >= 15 is 0 Å². The molecule has 0 spiro atoms. The molecule has 0 aliphatic heterocycles. The van der Waals surface area contributed by atoms with E-state index in [2.05, 4.69) is 20.8 Å². The summed E-state index contributed by atoms with van der Waals surface area (Å²) in [4.78, 5) is 0. The molecular weight excluding hydrogens is 335 g/mol. The Bertz CT molecular complexity index is 55.8. The normalized spacial score (nSPS) is 12.4. The molecule has 3 heteroatoms. The van der Waals surface area contributed by atoms with Crippen molar-refractivity contribution >= 4 is 17.9 Å². The van der Waals surface area contributed by atoms with E-state index in [0.29, 0.717) is 0 Å². The predicted molar refractivity (Wildman–Crippen MR) is 45.8 cm³/mol. The van der Waals surface area contributed by atoms with Crippen LogP contribution in [0.25, 0.3) is 0 Å². The third kappa shape index (κ3) is 4.81. The SMILES string of the molecule is CC[PH](Cl)(CC)CC.[Au]. The average Bonchev–Trinajstić information content (AvgIpc) is 1.87. The van der Waals surface area contributed by atoms with Gasteiger partial charge in [0.2, 0.25) is 0 Å². The van der Waals surface area contributed by atoms with Crippen LogP contribution in [0.1, 0.15) is 20.8 Å². The largest absolute Gasteiger partial charge is 0 e. The first-order valence-electron chi connectivity index (χ1n) is 3.37. The Morgan fingerprint density at radius 2 is 1.22 bits per heavy atom. The summed E-state index contributed by atoms with van der Waals surface area (Å²) in [6.07, 6.45) is 3.67. The Hall–Kier alpha value is 1.46. The van der Waals surface area contributed by atoms with Crippen molar-refractivity contribution in [3.05, 3.63) is 0 Å². The molecule has 0 aromatic heterocycles. The Morgan fingerprint density at radius 1 is 1.00 bits per heavy atom. The fraction of sp³-hybridized carbons (Fsp3) is 1.00. The fourth-order valence-corrected chi connectivity index (χ4v) is 2.25. The molecule has 1 radical (unpaired) electrons. The van der Waals surface area contributed by atoms with Gasteiger partial charge >= 0.3 is 57.1 Å². The molecule has 0 fully saturated rings. The predicted octanol–water partition coefficient (Wildman–Crippen LogP) is 2.95. The Kier molecular flexibility index (Phi) is 8.99. The van der Waals surface area contributed by atoms with Crippen LogP contribution < -0.4 is 0 Å². The van der Waals surface area contributed by atoms with Crippen molar-refractivity contribution in [3.8, 4) is 0 Å². The molecular formula is C6H16AuClP. The zero-order valence-electron chi connectivity index (χ0n) is 6.30. The third-order valence-electron chi connectivity index (χ3n) is 1.90. The zero-order chi connectivity index (χ0) is 6.62. The summed E-state index contributed by atoms with van der Waals surface area (Å²) >= 11 is 6.23. The molecule has 0 amide bonds. The summed E-state index contributed by atoms with van der Waals surface area (Å²) < 4.78 is 0. The van der Waals surface area contributed by atoms with Crippen LogP contribution in [-0.2, 0) is 22.4 Å². The summed E-state index contributed by atoms with van der Waals surface area (Å²) in [5, 5.41) is 0. The first-order chi connectivity index (χ1) is 3.68. The van der Waals surface area contributed by atoms with Gasteiger partial charge in [0.15, 0.2) is 0 Å². The summed E-state index contributed by atoms with van der Waals surface area (Å²) in [6.45, 7) is 5.40. The van der Waals surface area contributed by atoms with Gasteiger partial charge in [0, 0.05) is 22.4 Å². The second-order valence-corrected chi connectivity index (χ2v) is 9.04. The molecule has 0 saturated carbocycles. The summed E-state index contributed by atoms with van der Waals surface area (Å²) in [5.74, 6) is 0. The van der Waals surface area contributed by atoms with Gasteiger partial charge in [0.1, 0.15) is 0 Å². The molecule has 0 aromatic carbocycles. The van der Waals surface area contributed by atoms with Crippen LogP contribution >= 0.6 is 17.9 Å². The van der Waals surface area contributed by atoms with Crippen molar-refractivity contribution in [1.82, 2.24) is 0 Å². The van der Waals surface area contributed by atoms with Crippen molar-refractivity contribution in [2.75, 3.05) is 18.5 Å². The third-order valence-corrected chi connectivity index (χ3v) is 8.11. The van der Waals surface area contributed by atoms with E-state index in [-0.39, 0.29) is 22.4 Å². The summed E-state index contributed by atoms with van der Waals surface area (Å²) in [7, 11) is 0. The van der Waals surface area contributed by atoms with Gasteiger partial charge in [0.25, 0.3) is 0 Å². The summed E-state index contributed by atoms with van der Waals surface area (Å²) in [5.41, 5.74) is 0. The first kappa shape index (κ1) is 13.1. The molecule has 0 heterocycles. The smallest absolute Gasteiger partial charge is 0 e. The zero-order valence-corrected chi connectivity index (χ0v) is 10.2. The maximum atomic E-state index is 6.23. The average molecular weight is 352 g/mol. The molecule has 0 N–H and O–H groups in total. The molecule has 9 heavy (non-hydrogen) atoms. The maximum absolute atomic E-state index is 6.23. The standard InChI is InChI=1S/C6H16ClP.Au/c1-4-8(7,5-2)6-3;/h8H,4-6H2,1-3H3;. The number of halogens is 1. The van der Waals surface area contributed by atoms with E-state index < -0.39 is 6.62 Å². The van der Waals surface area contributed by atoms with Gasteiger partial charge in [-0.3, -0.25) is 0 Å². The van der Waals surface area contributed by atoms with Crippen molar-refractivity contribution in [1.29, 1.82) is 0 Å². The Labute approximate surface area is 79.4 Å². The van der Waals surface area contributed by atoms with Crippen LogP contribution in [0.2, 0.25) is 0 Å². The quantitative estimate of drug-likeness (QED) is 0.542. The Balaban J connectivity index is 0. The van der Waals surface area contributed by atoms with Crippen LogP contribution in [0.4, 0.5) is 0 Å². The van der Waals surface area contributed by atoms with Gasteiger partial charge in [-0.05, 0) is 0 Å². The minimum absolute atomic E-state index is 0. The topological polar surface area (TPSA) is 0 Å². The number of hydrogen-bond acceptors (Lipinski definition) is 0. The number of hydrogen-bond donors (Lipinski definition) is 0. The molecule has 0 saturated heterocycles. The molecule has 0 rings (SSSR count). The van der Waals surface area contributed by atoms with Crippen molar-refractivity contribution in [3.63, 3.8) is 0 Å². The molecule has 0 atom stereocenters. The molecule has 0 unspecified atom stereocenters. The van der Waals surface area contributed by atoms with E-state index in [4.69, 9.17) is 11.2 Å². The van der Waals surface area contributed by atoms with Crippen molar-refractivity contribution in [2.45, 2.75) is 20.8 Å². The van der Waals surface area contributed by atoms with E-state index in [1.807, 2.05) is 0 Å². The monoisotopic (exact) mass is 351 g/mol. The van der Waals surface area contributed by atoms with Gasteiger partial charge in [-0.25, -0.2) is 0 Å².